The predicted molar refractivity (Wildman–Crippen MR) is 114 cm³/mol. The lowest BCUT2D eigenvalue weighted by Crippen LogP contribution is -2.50. The minimum absolute atomic E-state index is 0.0432. The van der Waals surface area contributed by atoms with Crippen LogP contribution < -0.4 is 9.47 Å². The van der Waals surface area contributed by atoms with Crippen molar-refractivity contribution in [1.82, 2.24) is 18.6 Å². The van der Waals surface area contributed by atoms with Crippen molar-refractivity contribution >= 4 is 32.2 Å². The average Bonchev–Trinajstić information content (AvgIpc) is 3.27. The fourth-order valence-corrected chi connectivity index (χ4v) is 5.92. The van der Waals surface area contributed by atoms with Crippen LogP contribution in [0.4, 0.5) is 0 Å². The molecule has 1 fully saturated rings. The summed E-state index contributed by atoms with van der Waals surface area (Å²) in [6.07, 6.45) is 4.73. The van der Waals surface area contributed by atoms with Crippen molar-refractivity contribution in [3.8, 4) is 11.5 Å². The molecule has 0 unspecified atom stereocenters. The van der Waals surface area contributed by atoms with Gasteiger partial charge in [-0.15, -0.1) is 11.3 Å². The number of ether oxygens (including phenoxy) is 2. The van der Waals surface area contributed by atoms with Crippen LogP contribution in [0.2, 0.25) is 0 Å². The molecule has 164 valence electrons. The van der Waals surface area contributed by atoms with Crippen LogP contribution in [0.1, 0.15) is 12.1 Å². The first-order valence-corrected chi connectivity index (χ1v) is 12.4. The quantitative estimate of drug-likeness (QED) is 0.585. The number of fused-ring (bicyclic) bond motifs is 2. The summed E-state index contributed by atoms with van der Waals surface area (Å²) in [6.45, 7) is 2.25. The molecule has 0 spiro atoms. The Bertz CT molecular complexity index is 1180. The maximum Gasteiger partial charge on any atom is 0.243 e. The van der Waals surface area contributed by atoms with Gasteiger partial charge in [0.15, 0.2) is 16.5 Å². The van der Waals surface area contributed by atoms with Crippen molar-refractivity contribution in [2.45, 2.75) is 17.7 Å². The summed E-state index contributed by atoms with van der Waals surface area (Å²) in [5.74, 6) is 0.969. The van der Waals surface area contributed by atoms with Crippen LogP contribution in [0.3, 0.4) is 0 Å². The van der Waals surface area contributed by atoms with Gasteiger partial charge in [-0.2, -0.15) is 4.31 Å². The monoisotopic (exact) mass is 462 g/mol. The van der Waals surface area contributed by atoms with Gasteiger partial charge >= 0.3 is 0 Å². The summed E-state index contributed by atoms with van der Waals surface area (Å²) >= 11 is 1.52. The summed E-state index contributed by atoms with van der Waals surface area (Å²) in [5.41, 5.74) is 0.721. The molecule has 11 heteroatoms. The normalized spacial score (nSPS) is 17.6. The number of sulfonamides is 1. The number of amides is 1. The van der Waals surface area contributed by atoms with Crippen molar-refractivity contribution in [3.05, 3.63) is 41.7 Å². The molecule has 1 saturated heterocycles. The second-order valence-corrected chi connectivity index (χ2v) is 10.3. The van der Waals surface area contributed by atoms with Crippen LogP contribution in [0.5, 0.6) is 11.5 Å². The molecule has 0 saturated carbocycles. The maximum absolute atomic E-state index is 13.1. The number of hydrogen-bond donors (Lipinski definition) is 0. The van der Waals surface area contributed by atoms with E-state index in [2.05, 4.69) is 4.98 Å². The van der Waals surface area contributed by atoms with E-state index in [9.17, 15) is 13.2 Å². The molecule has 0 aliphatic carbocycles. The Balaban J connectivity index is 1.23. The van der Waals surface area contributed by atoms with Gasteiger partial charge < -0.3 is 14.4 Å². The number of carbonyl (C=O) groups is 1. The number of imidazole rings is 1. The van der Waals surface area contributed by atoms with Crippen molar-refractivity contribution in [2.75, 3.05) is 39.4 Å². The zero-order chi connectivity index (χ0) is 21.4. The molecule has 2 aliphatic rings. The summed E-state index contributed by atoms with van der Waals surface area (Å²) in [4.78, 5) is 19.8. The Hall–Kier alpha value is -2.63. The van der Waals surface area contributed by atoms with Gasteiger partial charge in [-0.3, -0.25) is 9.20 Å². The van der Waals surface area contributed by atoms with Crippen molar-refractivity contribution in [2.24, 2.45) is 0 Å². The molecule has 0 radical (unpaired) electrons. The molecule has 0 bridgehead atoms. The zero-order valence-electron chi connectivity index (χ0n) is 16.8. The summed E-state index contributed by atoms with van der Waals surface area (Å²) in [6, 6.07) is 4.71. The summed E-state index contributed by atoms with van der Waals surface area (Å²) in [5, 5.41) is 1.94. The third-order valence-electron chi connectivity index (χ3n) is 5.42. The Labute approximate surface area is 183 Å². The lowest BCUT2D eigenvalue weighted by molar-refractivity contribution is -0.131. The molecule has 9 nitrogen and oxygen atoms in total. The average molecular weight is 463 g/mol. The van der Waals surface area contributed by atoms with Crippen LogP contribution in [-0.2, 0) is 21.2 Å². The standard InChI is InChI=1S/C20H22N4O5S2/c25-19(12-15-14-23-8-11-30-20(23)21-15)22-4-6-24(7-5-22)31(26,27)16-2-3-17-18(13-16)29-10-1-9-28-17/h2-3,8,11,13-14H,1,4-7,9-10,12H2. The minimum atomic E-state index is -3.68. The molecule has 31 heavy (non-hydrogen) atoms. The molecule has 4 heterocycles. The lowest BCUT2D eigenvalue weighted by Gasteiger charge is -2.34. The fraction of sp³-hybridized carbons (Fsp3) is 0.400. The predicted octanol–water partition coefficient (Wildman–Crippen LogP) is 1.63. The number of carbonyl (C=O) groups excluding carboxylic acids is 1. The smallest absolute Gasteiger partial charge is 0.243 e. The van der Waals surface area contributed by atoms with Crippen LogP contribution >= 0.6 is 11.3 Å². The lowest BCUT2D eigenvalue weighted by atomic mass is 10.2. The highest BCUT2D eigenvalue weighted by Gasteiger charge is 2.31. The highest BCUT2D eigenvalue weighted by molar-refractivity contribution is 7.89. The minimum Gasteiger partial charge on any atom is -0.490 e. The number of rotatable bonds is 4. The van der Waals surface area contributed by atoms with Crippen LogP contribution in [0, 0.1) is 0 Å². The Morgan fingerprint density at radius 3 is 2.65 bits per heavy atom. The molecule has 0 atom stereocenters. The van der Waals surface area contributed by atoms with Gasteiger partial charge in [-0.05, 0) is 12.1 Å². The second kappa shape index (κ2) is 8.13. The van der Waals surface area contributed by atoms with Crippen LogP contribution in [0.15, 0.2) is 40.9 Å². The number of aromatic nitrogens is 2. The van der Waals surface area contributed by atoms with Gasteiger partial charge in [0.25, 0.3) is 0 Å². The van der Waals surface area contributed by atoms with Gasteiger partial charge in [0.1, 0.15) is 0 Å². The van der Waals surface area contributed by atoms with E-state index in [1.54, 1.807) is 17.0 Å². The Morgan fingerprint density at radius 1 is 1.10 bits per heavy atom. The molecule has 1 amide bonds. The van der Waals surface area contributed by atoms with Gasteiger partial charge in [0, 0.05) is 56.4 Å². The molecule has 2 aliphatic heterocycles. The number of hydrogen-bond acceptors (Lipinski definition) is 7. The van der Waals surface area contributed by atoms with Crippen molar-refractivity contribution in [1.29, 1.82) is 0 Å². The number of piperazine rings is 1. The number of thiazole rings is 1. The summed E-state index contributed by atoms with van der Waals surface area (Å²) in [7, 11) is -3.68. The molecular formula is C20H22N4O5S2. The van der Waals surface area contributed by atoms with E-state index >= 15 is 0 Å². The van der Waals surface area contributed by atoms with Crippen LogP contribution in [-0.4, -0.2) is 72.3 Å². The van der Waals surface area contributed by atoms with Crippen molar-refractivity contribution < 1.29 is 22.7 Å². The van der Waals surface area contributed by atoms with Gasteiger partial charge in [-0.25, -0.2) is 13.4 Å². The number of benzene rings is 1. The Morgan fingerprint density at radius 2 is 1.87 bits per heavy atom. The van der Waals surface area contributed by atoms with Gasteiger partial charge in [-0.1, -0.05) is 0 Å². The third-order valence-corrected chi connectivity index (χ3v) is 8.09. The molecular weight excluding hydrogens is 440 g/mol. The van der Waals surface area contributed by atoms with E-state index in [1.165, 1.54) is 21.7 Å². The molecule has 1 aromatic carbocycles. The summed E-state index contributed by atoms with van der Waals surface area (Å²) < 4.78 is 40.7. The fourth-order valence-electron chi connectivity index (χ4n) is 3.76. The third kappa shape index (κ3) is 4.00. The molecule has 2 aromatic heterocycles. The first-order chi connectivity index (χ1) is 15.0. The van der Waals surface area contributed by atoms with E-state index in [-0.39, 0.29) is 30.3 Å². The van der Waals surface area contributed by atoms with E-state index in [4.69, 9.17) is 9.47 Å². The number of nitrogens with zero attached hydrogens (tertiary/aromatic N) is 4. The Kier molecular flexibility index (Phi) is 5.32. The molecule has 0 N–H and O–H groups in total. The SMILES string of the molecule is O=C(Cc1cn2ccsc2n1)N1CCN(S(=O)(=O)c2ccc3c(c2)OCCCO3)CC1. The van der Waals surface area contributed by atoms with Crippen molar-refractivity contribution in [3.63, 3.8) is 0 Å². The molecule has 3 aromatic rings. The first kappa shape index (κ1) is 20.3. The molecule has 5 rings (SSSR count). The first-order valence-electron chi connectivity index (χ1n) is 10.1. The second-order valence-electron chi connectivity index (χ2n) is 7.45. The maximum atomic E-state index is 13.1. The van der Waals surface area contributed by atoms with E-state index in [1.807, 2.05) is 22.2 Å². The topological polar surface area (TPSA) is 93.5 Å². The largest absolute Gasteiger partial charge is 0.490 e. The van der Waals surface area contributed by atoms with E-state index in [0.717, 1.165) is 17.1 Å². The van der Waals surface area contributed by atoms with E-state index < -0.39 is 10.0 Å². The van der Waals surface area contributed by atoms with E-state index in [0.29, 0.717) is 37.8 Å². The highest BCUT2D eigenvalue weighted by Crippen LogP contribution is 2.33. The van der Waals surface area contributed by atoms with Gasteiger partial charge in [0.2, 0.25) is 15.9 Å². The van der Waals surface area contributed by atoms with Gasteiger partial charge in [0.05, 0.1) is 30.2 Å². The van der Waals surface area contributed by atoms with Crippen LogP contribution in [0.25, 0.3) is 4.96 Å². The highest BCUT2D eigenvalue weighted by atomic mass is 32.2. The zero-order valence-corrected chi connectivity index (χ0v) is 18.4.